The van der Waals surface area contributed by atoms with Crippen molar-refractivity contribution in [2.75, 3.05) is 6.61 Å². The minimum absolute atomic E-state index is 0.0393. The molecule has 0 aromatic heterocycles. The van der Waals surface area contributed by atoms with Gasteiger partial charge < -0.3 is 15.7 Å². The van der Waals surface area contributed by atoms with Crippen LogP contribution in [0.2, 0.25) is 0 Å². The molecular weight excluding hydrogens is 248 g/mol. The molecule has 1 aromatic carbocycles. The van der Waals surface area contributed by atoms with E-state index in [2.05, 4.69) is 21.1 Å². The van der Waals surface area contributed by atoms with Crippen LogP contribution in [0, 0.1) is 6.92 Å². The van der Waals surface area contributed by atoms with Gasteiger partial charge in [-0.2, -0.15) is 0 Å². The molecule has 0 amide bonds. The maximum absolute atomic E-state index is 8.30. The summed E-state index contributed by atoms with van der Waals surface area (Å²) < 4.78 is 6.13. The molecule has 3 N–H and O–H groups in total. The van der Waals surface area contributed by atoms with Crippen LogP contribution in [0.15, 0.2) is 27.8 Å². The number of hydrogen-bond donors (Lipinski definition) is 2. The molecule has 0 spiro atoms. The highest BCUT2D eigenvalue weighted by molar-refractivity contribution is 9.10. The lowest BCUT2D eigenvalue weighted by Crippen LogP contribution is -2.20. The van der Waals surface area contributed by atoms with Gasteiger partial charge in [0, 0.05) is 0 Å². The average Bonchev–Trinajstić information content (AvgIpc) is 2.16. The molecular formula is C9H11BrN2O2. The summed E-state index contributed by atoms with van der Waals surface area (Å²) in [7, 11) is 0. The van der Waals surface area contributed by atoms with Crippen LogP contribution in [0.3, 0.4) is 0 Å². The van der Waals surface area contributed by atoms with E-state index in [0.717, 1.165) is 10.0 Å². The number of aryl methyl sites for hydroxylation is 1. The molecule has 76 valence electrons. The van der Waals surface area contributed by atoms with Crippen LogP contribution < -0.4 is 10.5 Å². The Labute approximate surface area is 90.5 Å². The van der Waals surface area contributed by atoms with Crippen LogP contribution in [-0.4, -0.2) is 17.6 Å². The summed E-state index contributed by atoms with van der Waals surface area (Å²) in [5.74, 6) is 0.708. The summed E-state index contributed by atoms with van der Waals surface area (Å²) in [6.45, 7) is 2.05. The van der Waals surface area contributed by atoms with Crippen molar-refractivity contribution >= 4 is 21.8 Å². The molecule has 0 unspecified atom stereocenters. The highest BCUT2D eigenvalue weighted by atomic mass is 79.9. The highest BCUT2D eigenvalue weighted by Crippen LogP contribution is 2.25. The zero-order valence-electron chi connectivity index (χ0n) is 7.70. The lowest BCUT2D eigenvalue weighted by atomic mass is 10.2. The molecule has 0 bridgehead atoms. The predicted molar refractivity (Wildman–Crippen MR) is 57.8 cm³/mol. The molecule has 0 saturated heterocycles. The van der Waals surface area contributed by atoms with E-state index in [1.54, 1.807) is 0 Å². The summed E-state index contributed by atoms with van der Waals surface area (Å²) in [5.41, 5.74) is 6.39. The van der Waals surface area contributed by atoms with Crippen LogP contribution in [0.1, 0.15) is 5.56 Å². The van der Waals surface area contributed by atoms with Crippen LogP contribution in [0.4, 0.5) is 0 Å². The van der Waals surface area contributed by atoms with Crippen molar-refractivity contribution in [3.05, 3.63) is 28.2 Å². The van der Waals surface area contributed by atoms with Crippen molar-refractivity contribution in [2.24, 2.45) is 10.9 Å². The summed E-state index contributed by atoms with van der Waals surface area (Å²) in [6, 6.07) is 5.68. The number of nitrogens with zero attached hydrogens (tertiary/aromatic N) is 1. The summed E-state index contributed by atoms with van der Waals surface area (Å²) >= 11 is 3.35. The van der Waals surface area contributed by atoms with Gasteiger partial charge in [0.2, 0.25) is 0 Å². The zero-order chi connectivity index (χ0) is 10.6. The summed E-state index contributed by atoms with van der Waals surface area (Å²) in [5, 5.41) is 11.1. The maximum atomic E-state index is 8.30. The van der Waals surface area contributed by atoms with Crippen molar-refractivity contribution in [1.82, 2.24) is 0 Å². The quantitative estimate of drug-likeness (QED) is 0.377. The van der Waals surface area contributed by atoms with Gasteiger partial charge in [-0.25, -0.2) is 0 Å². The summed E-state index contributed by atoms with van der Waals surface area (Å²) in [6.07, 6.45) is 0. The molecule has 0 aliphatic carbocycles. The number of rotatable bonds is 3. The van der Waals surface area contributed by atoms with Crippen molar-refractivity contribution in [2.45, 2.75) is 6.92 Å². The summed E-state index contributed by atoms with van der Waals surface area (Å²) in [4.78, 5) is 0. The molecule has 0 saturated carbocycles. The van der Waals surface area contributed by atoms with Gasteiger partial charge in [0.05, 0.1) is 4.47 Å². The minimum atomic E-state index is 0.0393. The second-order valence-electron chi connectivity index (χ2n) is 2.81. The zero-order valence-corrected chi connectivity index (χ0v) is 9.28. The van der Waals surface area contributed by atoms with E-state index in [1.165, 1.54) is 0 Å². The topological polar surface area (TPSA) is 67.8 Å². The lowest BCUT2D eigenvalue weighted by molar-refractivity contribution is 0.306. The second kappa shape index (κ2) is 4.85. The maximum Gasteiger partial charge on any atom is 0.177 e. The average molecular weight is 259 g/mol. The van der Waals surface area contributed by atoms with Crippen LogP contribution in [0.5, 0.6) is 5.75 Å². The first-order chi connectivity index (χ1) is 6.63. The Balaban J connectivity index is 2.68. The van der Waals surface area contributed by atoms with Crippen molar-refractivity contribution in [3.8, 4) is 5.75 Å². The lowest BCUT2D eigenvalue weighted by Gasteiger charge is -2.07. The predicted octanol–water partition coefficient (Wildman–Crippen LogP) is 1.88. The van der Waals surface area contributed by atoms with E-state index in [9.17, 15) is 0 Å². The fraction of sp³-hybridized carbons (Fsp3) is 0.222. The molecule has 4 nitrogen and oxygen atoms in total. The Morgan fingerprint density at radius 2 is 2.36 bits per heavy atom. The number of halogens is 1. The van der Waals surface area contributed by atoms with Crippen LogP contribution >= 0.6 is 15.9 Å². The Hall–Kier alpha value is -1.23. The first kappa shape index (κ1) is 10.8. The highest BCUT2D eigenvalue weighted by Gasteiger charge is 2.01. The molecule has 0 heterocycles. The number of nitrogens with two attached hydrogens (primary N) is 1. The van der Waals surface area contributed by atoms with E-state index in [-0.39, 0.29) is 12.4 Å². The van der Waals surface area contributed by atoms with Crippen LogP contribution in [0.25, 0.3) is 0 Å². The number of amidine groups is 1. The SMILES string of the molecule is Cc1ccc(OC/C(N)=N/O)c(Br)c1. The first-order valence-electron chi connectivity index (χ1n) is 3.99. The smallest absolute Gasteiger partial charge is 0.177 e. The largest absolute Gasteiger partial charge is 0.484 e. The molecule has 0 fully saturated rings. The van der Waals surface area contributed by atoms with Gasteiger partial charge in [-0.05, 0) is 40.5 Å². The molecule has 1 aromatic rings. The van der Waals surface area contributed by atoms with Crippen molar-refractivity contribution < 1.29 is 9.94 Å². The first-order valence-corrected chi connectivity index (χ1v) is 4.78. The van der Waals surface area contributed by atoms with Crippen LogP contribution in [-0.2, 0) is 0 Å². The minimum Gasteiger partial charge on any atom is -0.484 e. The molecule has 1 rings (SSSR count). The van der Waals surface area contributed by atoms with Gasteiger partial charge in [0.25, 0.3) is 0 Å². The van der Waals surface area contributed by atoms with Gasteiger partial charge in [0.1, 0.15) is 12.4 Å². The fourth-order valence-electron chi connectivity index (χ4n) is 0.903. The Kier molecular flexibility index (Phi) is 3.76. The normalized spacial score (nSPS) is 11.4. The van der Waals surface area contributed by atoms with Crippen molar-refractivity contribution in [3.63, 3.8) is 0 Å². The third kappa shape index (κ3) is 2.92. The van der Waals surface area contributed by atoms with Gasteiger partial charge in [0.15, 0.2) is 5.84 Å². The number of hydrogen-bond acceptors (Lipinski definition) is 3. The van der Waals surface area contributed by atoms with Gasteiger partial charge in [-0.1, -0.05) is 11.2 Å². The third-order valence-electron chi connectivity index (χ3n) is 1.59. The van der Waals surface area contributed by atoms with E-state index >= 15 is 0 Å². The second-order valence-corrected chi connectivity index (χ2v) is 3.67. The fourth-order valence-corrected chi connectivity index (χ4v) is 1.51. The number of ether oxygens (including phenoxy) is 1. The molecule has 0 aliphatic heterocycles. The van der Waals surface area contributed by atoms with E-state index < -0.39 is 0 Å². The van der Waals surface area contributed by atoms with Crippen molar-refractivity contribution in [1.29, 1.82) is 0 Å². The molecule has 0 aliphatic rings. The van der Waals surface area contributed by atoms with E-state index in [4.69, 9.17) is 15.7 Å². The van der Waals surface area contributed by atoms with Gasteiger partial charge in [-0.3, -0.25) is 0 Å². The monoisotopic (exact) mass is 258 g/mol. The van der Waals surface area contributed by atoms with E-state index in [0.29, 0.717) is 5.75 Å². The van der Waals surface area contributed by atoms with Gasteiger partial charge in [-0.15, -0.1) is 0 Å². The number of benzene rings is 1. The standard InChI is InChI=1S/C9H11BrN2O2/c1-6-2-3-8(7(10)4-6)14-5-9(11)12-13/h2-4,13H,5H2,1H3,(H2,11,12). The molecule has 5 heteroatoms. The molecule has 14 heavy (non-hydrogen) atoms. The van der Waals surface area contributed by atoms with Gasteiger partial charge >= 0.3 is 0 Å². The Bertz CT molecular complexity index is 353. The number of oxime groups is 1. The Morgan fingerprint density at radius 3 is 2.93 bits per heavy atom. The molecule has 0 radical (unpaired) electrons. The molecule has 0 atom stereocenters. The Morgan fingerprint density at radius 1 is 1.64 bits per heavy atom. The van der Waals surface area contributed by atoms with E-state index in [1.807, 2.05) is 25.1 Å². The third-order valence-corrected chi connectivity index (χ3v) is 2.21.